The molecule has 1 amide bonds. The van der Waals surface area contributed by atoms with Crippen LogP contribution in [0.3, 0.4) is 0 Å². The second-order valence-electron chi connectivity index (χ2n) is 4.87. The van der Waals surface area contributed by atoms with E-state index < -0.39 is 0 Å². The third kappa shape index (κ3) is 2.79. The van der Waals surface area contributed by atoms with Crippen LogP contribution >= 0.6 is 0 Å². The van der Waals surface area contributed by atoms with Crippen LogP contribution in [0.2, 0.25) is 0 Å². The van der Waals surface area contributed by atoms with Gasteiger partial charge in [-0.05, 0) is 18.6 Å². The molecule has 0 saturated carbocycles. The number of rotatable bonds is 3. The van der Waals surface area contributed by atoms with E-state index in [4.69, 9.17) is 0 Å². The van der Waals surface area contributed by atoms with Crippen LogP contribution in [0.15, 0.2) is 47.8 Å². The summed E-state index contributed by atoms with van der Waals surface area (Å²) in [4.78, 5) is 25.8. The molecule has 0 aromatic heterocycles. The molecule has 20 heavy (non-hydrogen) atoms. The Kier molecular flexibility index (Phi) is 4.03. The summed E-state index contributed by atoms with van der Waals surface area (Å²) in [5.74, 6) is 0.306. The summed E-state index contributed by atoms with van der Waals surface area (Å²) in [6.07, 6.45) is 3.69. The summed E-state index contributed by atoms with van der Waals surface area (Å²) in [6, 6.07) is 7.45. The molecule has 1 aliphatic rings. The minimum Gasteiger partial charge on any atom is -0.357 e. The first kappa shape index (κ1) is 14.1. The van der Waals surface area contributed by atoms with Crippen molar-refractivity contribution in [3.8, 4) is 0 Å². The zero-order valence-corrected chi connectivity index (χ0v) is 11.9. The predicted octanol–water partition coefficient (Wildman–Crippen LogP) is 2.03. The van der Waals surface area contributed by atoms with Crippen molar-refractivity contribution in [1.82, 2.24) is 10.2 Å². The maximum absolute atomic E-state index is 12.7. The molecule has 0 radical (unpaired) electrons. The number of hydrogen-bond acceptors (Lipinski definition) is 3. The summed E-state index contributed by atoms with van der Waals surface area (Å²) in [6.45, 7) is 4.01. The summed E-state index contributed by atoms with van der Waals surface area (Å²) in [7, 11) is 1.85. The molecule has 4 nitrogen and oxygen atoms in total. The first-order valence-corrected chi connectivity index (χ1v) is 6.50. The fourth-order valence-corrected chi connectivity index (χ4v) is 2.19. The average Bonchev–Trinajstić information content (AvgIpc) is 2.40. The standard InChI is InChI=1S/C16H18N2O2/c1-11-7-4-5-8-13(11)15(20)14-9-6-10-18(3)16(14)17-12(2)19/h4-9H,10H2,1-3H3,(H,17,19). The summed E-state index contributed by atoms with van der Waals surface area (Å²) >= 11 is 0. The molecule has 0 unspecified atom stereocenters. The van der Waals surface area contributed by atoms with Crippen molar-refractivity contribution < 1.29 is 9.59 Å². The Balaban J connectivity index is 2.46. The molecule has 1 N–H and O–H groups in total. The number of ketones is 1. The number of likely N-dealkylation sites (N-methyl/N-ethyl adjacent to an activating group) is 1. The van der Waals surface area contributed by atoms with Crippen LogP contribution in [0.4, 0.5) is 0 Å². The van der Waals surface area contributed by atoms with Crippen LogP contribution in [0.25, 0.3) is 0 Å². The molecule has 4 heteroatoms. The first-order chi connectivity index (χ1) is 9.50. The average molecular weight is 270 g/mol. The van der Waals surface area contributed by atoms with Gasteiger partial charge >= 0.3 is 0 Å². The van der Waals surface area contributed by atoms with Crippen LogP contribution in [-0.2, 0) is 4.79 Å². The molecule has 2 rings (SSSR count). The van der Waals surface area contributed by atoms with Gasteiger partial charge < -0.3 is 10.2 Å². The van der Waals surface area contributed by atoms with Gasteiger partial charge in [-0.3, -0.25) is 9.59 Å². The van der Waals surface area contributed by atoms with Crippen LogP contribution in [0.1, 0.15) is 22.8 Å². The molecule has 1 aliphatic heterocycles. The van der Waals surface area contributed by atoms with Gasteiger partial charge in [0.05, 0.1) is 5.57 Å². The van der Waals surface area contributed by atoms with Crippen LogP contribution < -0.4 is 5.32 Å². The van der Waals surface area contributed by atoms with Gasteiger partial charge in [-0.1, -0.05) is 30.3 Å². The third-order valence-electron chi connectivity index (χ3n) is 3.23. The molecule has 0 aliphatic carbocycles. The van der Waals surface area contributed by atoms with Crippen molar-refractivity contribution in [2.75, 3.05) is 13.6 Å². The molecular weight excluding hydrogens is 252 g/mol. The van der Waals surface area contributed by atoms with Gasteiger partial charge in [0, 0.05) is 26.1 Å². The quantitative estimate of drug-likeness (QED) is 0.855. The zero-order chi connectivity index (χ0) is 14.7. The fraction of sp³-hybridized carbons (Fsp3) is 0.250. The largest absolute Gasteiger partial charge is 0.357 e. The molecule has 1 heterocycles. The molecular formula is C16H18N2O2. The van der Waals surface area contributed by atoms with Gasteiger partial charge in [-0.2, -0.15) is 0 Å². The smallest absolute Gasteiger partial charge is 0.222 e. The summed E-state index contributed by atoms with van der Waals surface area (Å²) < 4.78 is 0. The minimum atomic E-state index is -0.183. The highest BCUT2D eigenvalue weighted by atomic mass is 16.1. The number of nitrogens with one attached hydrogen (secondary N) is 1. The van der Waals surface area contributed by atoms with E-state index in [1.165, 1.54) is 6.92 Å². The van der Waals surface area contributed by atoms with Crippen molar-refractivity contribution in [3.05, 3.63) is 58.9 Å². The van der Waals surface area contributed by atoms with Crippen molar-refractivity contribution in [2.45, 2.75) is 13.8 Å². The highest BCUT2D eigenvalue weighted by molar-refractivity contribution is 6.12. The zero-order valence-electron chi connectivity index (χ0n) is 11.9. The number of aryl methyl sites for hydroxylation is 1. The van der Waals surface area contributed by atoms with Gasteiger partial charge in [0.25, 0.3) is 0 Å². The Morgan fingerprint density at radius 3 is 2.60 bits per heavy atom. The first-order valence-electron chi connectivity index (χ1n) is 6.50. The third-order valence-corrected chi connectivity index (χ3v) is 3.23. The maximum atomic E-state index is 12.7. The van der Waals surface area contributed by atoms with Crippen molar-refractivity contribution >= 4 is 11.7 Å². The number of benzene rings is 1. The van der Waals surface area contributed by atoms with E-state index in [9.17, 15) is 9.59 Å². The molecule has 1 aromatic rings. The van der Waals surface area contributed by atoms with Crippen molar-refractivity contribution in [3.63, 3.8) is 0 Å². The summed E-state index contributed by atoms with van der Waals surface area (Å²) in [5, 5.41) is 2.75. The highest BCUT2D eigenvalue weighted by Gasteiger charge is 2.22. The second kappa shape index (κ2) is 5.74. The number of carbonyl (C=O) groups excluding carboxylic acids is 2. The number of amides is 1. The molecule has 0 bridgehead atoms. The van der Waals surface area contributed by atoms with Crippen LogP contribution in [0.5, 0.6) is 0 Å². The number of hydrogen-bond donors (Lipinski definition) is 1. The minimum absolute atomic E-state index is 0.0744. The molecule has 0 atom stereocenters. The van der Waals surface area contributed by atoms with Gasteiger partial charge in [0.15, 0.2) is 5.78 Å². The van der Waals surface area contributed by atoms with E-state index in [-0.39, 0.29) is 11.7 Å². The lowest BCUT2D eigenvalue weighted by atomic mass is 9.97. The molecule has 104 valence electrons. The predicted molar refractivity (Wildman–Crippen MR) is 78.1 cm³/mol. The van der Waals surface area contributed by atoms with E-state index in [0.29, 0.717) is 23.5 Å². The Bertz CT molecular complexity index is 615. The van der Waals surface area contributed by atoms with E-state index in [1.54, 1.807) is 12.1 Å². The molecule has 0 fully saturated rings. The topological polar surface area (TPSA) is 49.4 Å². The van der Waals surface area contributed by atoms with Gasteiger partial charge in [-0.15, -0.1) is 0 Å². The Morgan fingerprint density at radius 1 is 1.25 bits per heavy atom. The van der Waals surface area contributed by atoms with Crippen molar-refractivity contribution in [1.29, 1.82) is 0 Å². The Morgan fingerprint density at radius 2 is 1.95 bits per heavy atom. The lowest BCUT2D eigenvalue weighted by molar-refractivity contribution is -0.118. The Labute approximate surface area is 118 Å². The maximum Gasteiger partial charge on any atom is 0.222 e. The van der Waals surface area contributed by atoms with E-state index >= 15 is 0 Å². The highest BCUT2D eigenvalue weighted by Crippen LogP contribution is 2.20. The molecule has 1 aromatic carbocycles. The van der Waals surface area contributed by atoms with Gasteiger partial charge in [-0.25, -0.2) is 0 Å². The number of allylic oxidation sites excluding steroid dienone is 2. The second-order valence-corrected chi connectivity index (χ2v) is 4.87. The van der Waals surface area contributed by atoms with Crippen molar-refractivity contribution in [2.24, 2.45) is 0 Å². The summed E-state index contributed by atoms with van der Waals surface area (Å²) in [5.41, 5.74) is 2.10. The number of Topliss-reactive ketones (excluding diaryl/α,β-unsaturated/α-hetero) is 1. The molecule has 0 saturated heterocycles. The monoisotopic (exact) mass is 270 g/mol. The van der Waals surface area contributed by atoms with E-state index in [2.05, 4.69) is 5.32 Å². The lowest BCUT2D eigenvalue weighted by Crippen LogP contribution is -2.36. The van der Waals surface area contributed by atoms with Gasteiger partial charge in [0.1, 0.15) is 5.82 Å². The van der Waals surface area contributed by atoms with Crippen LogP contribution in [-0.4, -0.2) is 30.2 Å². The SMILES string of the molecule is CC(=O)NC1=C(C(=O)c2ccccc2C)C=CCN1C. The lowest BCUT2D eigenvalue weighted by Gasteiger charge is -2.26. The van der Waals surface area contributed by atoms with E-state index in [0.717, 1.165) is 5.56 Å². The number of carbonyl (C=O) groups is 2. The van der Waals surface area contributed by atoms with Gasteiger partial charge in [0.2, 0.25) is 5.91 Å². The fourth-order valence-electron chi connectivity index (χ4n) is 2.19. The number of nitrogens with zero attached hydrogens (tertiary/aromatic N) is 1. The Hall–Kier alpha value is -2.36. The normalized spacial score (nSPS) is 14.4. The van der Waals surface area contributed by atoms with Crippen LogP contribution in [0, 0.1) is 6.92 Å². The van der Waals surface area contributed by atoms with E-state index in [1.807, 2.05) is 43.1 Å². The molecule has 0 spiro atoms.